The molecule has 0 amide bonds. The lowest BCUT2D eigenvalue weighted by atomic mass is 10.3. The summed E-state index contributed by atoms with van der Waals surface area (Å²) < 4.78 is 12.1. The zero-order valence-corrected chi connectivity index (χ0v) is 10.9. The molecule has 0 atom stereocenters. The van der Waals surface area contributed by atoms with Gasteiger partial charge in [-0.1, -0.05) is 13.3 Å². The van der Waals surface area contributed by atoms with Gasteiger partial charge in [-0.25, -0.2) is 4.79 Å². The first-order valence-corrected chi connectivity index (χ1v) is 6.35. The summed E-state index contributed by atoms with van der Waals surface area (Å²) in [5.74, 6) is -0.366. The van der Waals surface area contributed by atoms with Crippen LogP contribution in [0.5, 0.6) is 0 Å². The molecule has 0 saturated carbocycles. The van der Waals surface area contributed by atoms with E-state index in [9.17, 15) is 4.79 Å². The number of hydrogen-bond donors (Lipinski definition) is 0. The molecule has 0 saturated heterocycles. The summed E-state index contributed by atoms with van der Waals surface area (Å²) in [7, 11) is 0. The maximum Gasteiger partial charge on any atom is 0.339 e. The number of esters is 1. The lowest BCUT2D eigenvalue weighted by molar-refractivity contribution is 0.0313. The van der Waals surface area contributed by atoms with Gasteiger partial charge in [0.2, 0.25) is 0 Å². The first-order chi connectivity index (χ1) is 9.31. The van der Waals surface area contributed by atoms with Crippen molar-refractivity contribution in [1.29, 1.82) is 0 Å². The molecule has 2 heterocycles. The molecule has 6 heteroatoms. The standard InChI is InChI=1S/C13H17N3O3/c1-2-3-6-18-7-8-19-13(17)11-4-5-12-15-14-10-16(12)9-11/h4-5,9-10H,2-3,6-8H2,1H3. The molecule has 0 unspecified atom stereocenters. The van der Waals surface area contributed by atoms with Crippen LogP contribution in [0.1, 0.15) is 30.1 Å². The lowest BCUT2D eigenvalue weighted by Crippen LogP contribution is -2.11. The summed E-state index contributed by atoms with van der Waals surface area (Å²) >= 11 is 0. The van der Waals surface area contributed by atoms with Crippen molar-refractivity contribution in [1.82, 2.24) is 14.6 Å². The fourth-order valence-electron chi connectivity index (χ4n) is 1.57. The molecule has 6 nitrogen and oxygen atoms in total. The van der Waals surface area contributed by atoms with Gasteiger partial charge in [-0.15, -0.1) is 10.2 Å². The van der Waals surface area contributed by atoms with Gasteiger partial charge < -0.3 is 9.47 Å². The molecule has 0 aliphatic carbocycles. The van der Waals surface area contributed by atoms with Crippen LogP contribution in [0.15, 0.2) is 24.7 Å². The largest absolute Gasteiger partial charge is 0.460 e. The van der Waals surface area contributed by atoms with Crippen LogP contribution >= 0.6 is 0 Å². The first kappa shape index (κ1) is 13.5. The summed E-state index contributed by atoms with van der Waals surface area (Å²) in [6.07, 6.45) is 5.31. The molecule has 0 spiro atoms. The van der Waals surface area contributed by atoms with Gasteiger partial charge in [0.1, 0.15) is 12.9 Å². The topological polar surface area (TPSA) is 65.7 Å². The molecule has 2 aromatic rings. The van der Waals surface area contributed by atoms with Crippen molar-refractivity contribution >= 4 is 11.6 Å². The van der Waals surface area contributed by atoms with Crippen molar-refractivity contribution < 1.29 is 14.3 Å². The quantitative estimate of drug-likeness (QED) is 0.562. The molecule has 102 valence electrons. The van der Waals surface area contributed by atoms with Crippen molar-refractivity contribution in [2.24, 2.45) is 0 Å². The molecular weight excluding hydrogens is 246 g/mol. The van der Waals surface area contributed by atoms with Crippen molar-refractivity contribution in [3.05, 3.63) is 30.2 Å². The highest BCUT2D eigenvalue weighted by atomic mass is 16.6. The first-order valence-electron chi connectivity index (χ1n) is 6.35. The van der Waals surface area contributed by atoms with E-state index < -0.39 is 0 Å². The van der Waals surface area contributed by atoms with Crippen LogP contribution in [-0.2, 0) is 9.47 Å². The minimum absolute atomic E-state index is 0.267. The second kappa shape index (κ2) is 6.84. The van der Waals surface area contributed by atoms with E-state index in [1.165, 1.54) is 0 Å². The molecule has 0 aromatic carbocycles. The number of unbranched alkanes of at least 4 members (excludes halogenated alkanes) is 1. The summed E-state index contributed by atoms with van der Waals surface area (Å²) in [6, 6.07) is 3.39. The number of ether oxygens (including phenoxy) is 2. The highest BCUT2D eigenvalue weighted by Crippen LogP contribution is 2.05. The summed E-state index contributed by atoms with van der Waals surface area (Å²) in [6.45, 7) is 3.51. The van der Waals surface area contributed by atoms with Gasteiger partial charge in [0.25, 0.3) is 0 Å². The smallest absolute Gasteiger partial charge is 0.339 e. The Kier molecular flexibility index (Phi) is 4.85. The summed E-state index contributed by atoms with van der Waals surface area (Å²) in [5.41, 5.74) is 1.17. The number of carbonyl (C=O) groups is 1. The molecule has 0 N–H and O–H groups in total. The fraction of sp³-hybridized carbons (Fsp3) is 0.462. The van der Waals surface area contributed by atoms with E-state index in [-0.39, 0.29) is 12.6 Å². The van der Waals surface area contributed by atoms with Gasteiger partial charge in [-0.2, -0.15) is 0 Å². The lowest BCUT2D eigenvalue weighted by Gasteiger charge is -2.06. The maximum absolute atomic E-state index is 11.8. The minimum Gasteiger partial charge on any atom is -0.460 e. The molecule has 0 fully saturated rings. The third-order valence-electron chi connectivity index (χ3n) is 2.63. The molecule has 2 rings (SSSR count). The van der Waals surface area contributed by atoms with Crippen molar-refractivity contribution in [3.8, 4) is 0 Å². The van der Waals surface area contributed by atoms with Gasteiger partial charge in [-0.3, -0.25) is 4.40 Å². The van der Waals surface area contributed by atoms with Crippen molar-refractivity contribution in [2.45, 2.75) is 19.8 Å². The second-order valence-corrected chi connectivity index (χ2v) is 4.12. The van der Waals surface area contributed by atoms with E-state index in [0.29, 0.717) is 24.4 Å². The van der Waals surface area contributed by atoms with Crippen LogP contribution in [0.25, 0.3) is 5.65 Å². The zero-order valence-electron chi connectivity index (χ0n) is 10.9. The third kappa shape index (κ3) is 3.75. The van der Waals surface area contributed by atoms with Crippen molar-refractivity contribution in [3.63, 3.8) is 0 Å². The summed E-state index contributed by atoms with van der Waals surface area (Å²) in [4.78, 5) is 11.8. The van der Waals surface area contributed by atoms with Crippen LogP contribution in [-0.4, -0.2) is 40.4 Å². The Labute approximate surface area is 111 Å². The Balaban J connectivity index is 1.79. The number of fused-ring (bicyclic) bond motifs is 1. The van der Waals surface area contributed by atoms with Crippen LogP contribution in [0, 0.1) is 0 Å². The van der Waals surface area contributed by atoms with Gasteiger partial charge in [0, 0.05) is 12.8 Å². The number of rotatable bonds is 7. The Bertz CT molecular complexity index is 539. The third-order valence-corrected chi connectivity index (χ3v) is 2.63. The van der Waals surface area contributed by atoms with Crippen LogP contribution in [0.4, 0.5) is 0 Å². The van der Waals surface area contributed by atoms with Gasteiger partial charge in [-0.05, 0) is 18.6 Å². The number of nitrogens with zero attached hydrogens (tertiary/aromatic N) is 3. The van der Waals surface area contributed by atoms with Crippen LogP contribution < -0.4 is 0 Å². The second-order valence-electron chi connectivity index (χ2n) is 4.12. The molecule has 0 aliphatic rings. The van der Waals surface area contributed by atoms with E-state index >= 15 is 0 Å². The predicted molar refractivity (Wildman–Crippen MR) is 69.0 cm³/mol. The molecule has 19 heavy (non-hydrogen) atoms. The minimum atomic E-state index is -0.366. The number of hydrogen-bond acceptors (Lipinski definition) is 5. The van der Waals surface area contributed by atoms with E-state index in [2.05, 4.69) is 17.1 Å². The highest BCUT2D eigenvalue weighted by molar-refractivity contribution is 5.89. The molecular formula is C13H17N3O3. The average Bonchev–Trinajstić information content (AvgIpc) is 2.89. The van der Waals surface area contributed by atoms with E-state index in [4.69, 9.17) is 9.47 Å². The average molecular weight is 263 g/mol. The summed E-state index contributed by atoms with van der Waals surface area (Å²) in [5, 5.41) is 7.61. The molecule has 0 radical (unpaired) electrons. The van der Waals surface area contributed by atoms with Crippen molar-refractivity contribution in [2.75, 3.05) is 19.8 Å². The molecule has 0 bridgehead atoms. The Morgan fingerprint density at radius 3 is 3.05 bits per heavy atom. The Morgan fingerprint density at radius 2 is 2.21 bits per heavy atom. The van der Waals surface area contributed by atoms with Gasteiger partial charge in [0.05, 0.1) is 12.2 Å². The monoisotopic (exact) mass is 263 g/mol. The predicted octanol–water partition coefficient (Wildman–Crippen LogP) is 1.70. The van der Waals surface area contributed by atoms with Crippen LogP contribution in [0.3, 0.4) is 0 Å². The Morgan fingerprint density at radius 1 is 1.32 bits per heavy atom. The van der Waals surface area contributed by atoms with Gasteiger partial charge in [0.15, 0.2) is 5.65 Å². The normalized spacial score (nSPS) is 10.8. The number of carbonyl (C=O) groups excluding carboxylic acids is 1. The molecule has 0 aliphatic heterocycles. The van der Waals surface area contributed by atoms with E-state index in [1.54, 1.807) is 29.1 Å². The van der Waals surface area contributed by atoms with E-state index in [0.717, 1.165) is 12.8 Å². The maximum atomic E-state index is 11.8. The zero-order chi connectivity index (χ0) is 13.5. The SMILES string of the molecule is CCCCOCCOC(=O)c1ccc2nncn2c1. The van der Waals surface area contributed by atoms with E-state index in [1.807, 2.05) is 0 Å². The number of aromatic nitrogens is 3. The fourth-order valence-corrected chi connectivity index (χ4v) is 1.57. The van der Waals surface area contributed by atoms with Crippen LogP contribution in [0.2, 0.25) is 0 Å². The number of pyridine rings is 1. The highest BCUT2D eigenvalue weighted by Gasteiger charge is 2.08. The molecule has 2 aromatic heterocycles. The van der Waals surface area contributed by atoms with Gasteiger partial charge >= 0.3 is 5.97 Å². The Hall–Kier alpha value is -1.95.